The Bertz CT molecular complexity index is 953. The average Bonchev–Trinajstić information content (AvgIpc) is 3.07. The number of anilines is 1. The van der Waals surface area contributed by atoms with Crippen LogP contribution in [0, 0.1) is 0 Å². The fourth-order valence-electron chi connectivity index (χ4n) is 2.77. The minimum Gasteiger partial charge on any atom is -0.361 e. The molecular weight excluding hydrogens is 322 g/mol. The Balaban J connectivity index is 1.86. The van der Waals surface area contributed by atoms with E-state index in [1.807, 2.05) is 48.7 Å². The van der Waals surface area contributed by atoms with Crippen molar-refractivity contribution in [2.45, 2.75) is 6.04 Å². The van der Waals surface area contributed by atoms with E-state index in [1.165, 1.54) is 6.33 Å². The number of rotatable bonds is 4. The molecule has 0 aliphatic carbocycles. The molecule has 0 fully saturated rings. The van der Waals surface area contributed by atoms with Gasteiger partial charge < -0.3 is 10.3 Å². The molecule has 24 heavy (non-hydrogen) atoms. The van der Waals surface area contributed by atoms with Crippen molar-refractivity contribution in [2.24, 2.45) is 0 Å². The summed E-state index contributed by atoms with van der Waals surface area (Å²) < 4.78 is 0. The standard InChI is InChI=1S/C18H14ClN5/c19-13-4-3-6-14-17(13)12(10-22-14)18(15-5-1-2-8-21-15)24-16-7-9-20-11-23-16/h1-11,18,22H,(H,20,23,24). The molecule has 0 saturated carbocycles. The van der Waals surface area contributed by atoms with Gasteiger partial charge in [-0.3, -0.25) is 4.98 Å². The van der Waals surface area contributed by atoms with Gasteiger partial charge in [0.1, 0.15) is 12.1 Å². The Kier molecular flexibility index (Phi) is 3.84. The van der Waals surface area contributed by atoms with Crippen LogP contribution in [0.4, 0.5) is 5.82 Å². The fraction of sp³-hybridized carbons (Fsp3) is 0.0556. The number of benzene rings is 1. The second-order valence-corrected chi connectivity index (χ2v) is 5.74. The molecule has 4 rings (SSSR count). The summed E-state index contributed by atoms with van der Waals surface area (Å²) in [6, 6.07) is 13.3. The van der Waals surface area contributed by atoms with E-state index in [9.17, 15) is 0 Å². The SMILES string of the molecule is Clc1cccc2[nH]cc(C(Nc3ccncn3)c3ccccn3)c12. The number of aromatic nitrogens is 4. The van der Waals surface area contributed by atoms with Gasteiger partial charge in [0, 0.05) is 35.1 Å². The predicted octanol–water partition coefficient (Wildman–Crippen LogP) is 4.21. The highest BCUT2D eigenvalue weighted by Crippen LogP contribution is 2.34. The van der Waals surface area contributed by atoms with E-state index in [2.05, 4.69) is 25.3 Å². The number of aromatic amines is 1. The molecule has 5 nitrogen and oxygen atoms in total. The molecule has 0 aliphatic rings. The summed E-state index contributed by atoms with van der Waals surface area (Å²) in [5.74, 6) is 0.724. The first-order chi connectivity index (χ1) is 11.8. The maximum Gasteiger partial charge on any atom is 0.130 e. The molecule has 1 aromatic carbocycles. The normalized spacial score (nSPS) is 12.2. The first kappa shape index (κ1) is 14.7. The molecule has 1 atom stereocenters. The van der Waals surface area contributed by atoms with Crippen molar-refractivity contribution in [3.63, 3.8) is 0 Å². The summed E-state index contributed by atoms with van der Waals surface area (Å²) in [5.41, 5.74) is 2.90. The van der Waals surface area contributed by atoms with Crippen LogP contribution >= 0.6 is 11.6 Å². The third-order valence-electron chi connectivity index (χ3n) is 3.85. The number of nitrogens with zero attached hydrogens (tertiary/aromatic N) is 3. The monoisotopic (exact) mass is 335 g/mol. The van der Waals surface area contributed by atoms with Crippen LogP contribution in [0.5, 0.6) is 0 Å². The molecule has 3 aromatic heterocycles. The Morgan fingerprint density at radius 3 is 2.75 bits per heavy atom. The van der Waals surface area contributed by atoms with E-state index in [0.29, 0.717) is 5.02 Å². The van der Waals surface area contributed by atoms with Gasteiger partial charge in [0.2, 0.25) is 0 Å². The smallest absolute Gasteiger partial charge is 0.130 e. The molecule has 0 bridgehead atoms. The highest BCUT2D eigenvalue weighted by atomic mass is 35.5. The lowest BCUT2D eigenvalue weighted by atomic mass is 10.0. The summed E-state index contributed by atoms with van der Waals surface area (Å²) in [4.78, 5) is 16.0. The van der Waals surface area contributed by atoms with Gasteiger partial charge in [-0.05, 0) is 30.3 Å². The van der Waals surface area contributed by atoms with E-state index >= 15 is 0 Å². The van der Waals surface area contributed by atoms with Gasteiger partial charge in [0.15, 0.2) is 0 Å². The maximum absolute atomic E-state index is 6.44. The van der Waals surface area contributed by atoms with E-state index in [-0.39, 0.29) is 6.04 Å². The van der Waals surface area contributed by atoms with E-state index in [0.717, 1.165) is 28.0 Å². The zero-order chi connectivity index (χ0) is 16.4. The Labute approximate surface area is 143 Å². The van der Waals surface area contributed by atoms with Crippen molar-refractivity contribution in [3.05, 3.63) is 83.7 Å². The van der Waals surface area contributed by atoms with Gasteiger partial charge in [0.05, 0.1) is 16.8 Å². The van der Waals surface area contributed by atoms with Gasteiger partial charge in [0.25, 0.3) is 0 Å². The van der Waals surface area contributed by atoms with E-state index in [4.69, 9.17) is 11.6 Å². The number of halogens is 1. The van der Waals surface area contributed by atoms with Crippen LogP contribution in [0.25, 0.3) is 10.9 Å². The second-order valence-electron chi connectivity index (χ2n) is 5.33. The number of fused-ring (bicyclic) bond motifs is 1. The fourth-order valence-corrected chi connectivity index (χ4v) is 3.06. The first-order valence-corrected chi connectivity index (χ1v) is 7.90. The van der Waals surface area contributed by atoms with Gasteiger partial charge in [-0.15, -0.1) is 0 Å². The van der Waals surface area contributed by atoms with Crippen LogP contribution in [0.15, 0.2) is 67.4 Å². The van der Waals surface area contributed by atoms with E-state index in [1.54, 1.807) is 12.4 Å². The third-order valence-corrected chi connectivity index (χ3v) is 4.17. The quantitative estimate of drug-likeness (QED) is 0.586. The Hall–Kier alpha value is -2.92. The second kappa shape index (κ2) is 6.29. The molecule has 1 unspecified atom stereocenters. The topological polar surface area (TPSA) is 66.5 Å². The largest absolute Gasteiger partial charge is 0.361 e. The highest BCUT2D eigenvalue weighted by Gasteiger charge is 2.21. The van der Waals surface area contributed by atoms with Gasteiger partial charge in [-0.1, -0.05) is 23.7 Å². The first-order valence-electron chi connectivity index (χ1n) is 7.52. The molecule has 2 N–H and O–H groups in total. The molecule has 6 heteroatoms. The highest BCUT2D eigenvalue weighted by molar-refractivity contribution is 6.35. The van der Waals surface area contributed by atoms with Crippen LogP contribution in [0.3, 0.4) is 0 Å². The van der Waals surface area contributed by atoms with Crippen LogP contribution in [0.2, 0.25) is 5.02 Å². The van der Waals surface area contributed by atoms with Crippen LogP contribution < -0.4 is 5.32 Å². The van der Waals surface area contributed by atoms with Gasteiger partial charge in [-0.2, -0.15) is 0 Å². The number of H-pyrrole nitrogens is 1. The van der Waals surface area contributed by atoms with Crippen molar-refractivity contribution < 1.29 is 0 Å². The maximum atomic E-state index is 6.44. The summed E-state index contributed by atoms with van der Waals surface area (Å²) in [6.07, 6.45) is 6.96. The van der Waals surface area contributed by atoms with Gasteiger partial charge in [-0.25, -0.2) is 9.97 Å². The van der Waals surface area contributed by atoms with Crippen molar-refractivity contribution in [1.29, 1.82) is 0 Å². The predicted molar refractivity (Wildman–Crippen MR) is 95.0 cm³/mol. The number of nitrogens with one attached hydrogen (secondary N) is 2. The van der Waals surface area contributed by atoms with Crippen LogP contribution in [0.1, 0.15) is 17.3 Å². The molecule has 3 heterocycles. The average molecular weight is 336 g/mol. The van der Waals surface area contributed by atoms with Crippen molar-refractivity contribution in [2.75, 3.05) is 5.32 Å². The van der Waals surface area contributed by atoms with E-state index < -0.39 is 0 Å². The summed E-state index contributed by atoms with van der Waals surface area (Å²) >= 11 is 6.44. The minimum atomic E-state index is -0.185. The minimum absolute atomic E-state index is 0.185. The lowest BCUT2D eigenvalue weighted by Gasteiger charge is -2.19. The van der Waals surface area contributed by atoms with Crippen molar-refractivity contribution >= 4 is 28.3 Å². The molecule has 118 valence electrons. The molecular formula is C18H14ClN5. The molecule has 4 aromatic rings. The molecule has 0 amide bonds. The third kappa shape index (κ3) is 2.70. The Morgan fingerprint density at radius 2 is 1.96 bits per heavy atom. The number of hydrogen-bond donors (Lipinski definition) is 2. The van der Waals surface area contributed by atoms with Crippen molar-refractivity contribution in [1.82, 2.24) is 19.9 Å². The molecule has 0 saturated heterocycles. The van der Waals surface area contributed by atoms with Crippen molar-refractivity contribution in [3.8, 4) is 0 Å². The lowest BCUT2D eigenvalue weighted by molar-refractivity contribution is 0.883. The lowest BCUT2D eigenvalue weighted by Crippen LogP contribution is -2.14. The summed E-state index contributed by atoms with van der Waals surface area (Å²) in [7, 11) is 0. The summed E-state index contributed by atoms with van der Waals surface area (Å²) in [5, 5.41) is 5.11. The van der Waals surface area contributed by atoms with Gasteiger partial charge >= 0.3 is 0 Å². The molecule has 0 aliphatic heterocycles. The zero-order valence-electron chi connectivity index (χ0n) is 12.6. The number of hydrogen-bond acceptors (Lipinski definition) is 4. The molecule has 0 radical (unpaired) electrons. The molecule has 0 spiro atoms. The zero-order valence-corrected chi connectivity index (χ0v) is 13.4. The summed E-state index contributed by atoms with van der Waals surface area (Å²) in [6.45, 7) is 0. The number of pyridine rings is 1. The van der Waals surface area contributed by atoms with Crippen LogP contribution in [-0.4, -0.2) is 19.9 Å². The van der Waals surface area contributed by atoms with Crippen LogP contribution in [-0.2, 0) is 0 Å². The Morgan fingerprint density at radius 1 is 1.00 bits per heavy atom.